The second-order valence-corrected chi connectivity index (χ2v) is 3.92. The summed E-state index contributed by atoms with van der Waals surface area (Å²) in [4.78, 5) is 0. The first-order chi connectivity index (χ1) is 7.66. The van der Waals surface area contributed by atoms with Crippen molar-refractivity contribution in [3.8, 4) is 0 Å². The highest BCUT2D eigenvalue weighted by Gasteiger charge is 2.11. The van der Waals surface area contributed by atoms with Gasteiger partial charge in [-0.15, -0.1) is 0 Å². The number of hydrogen-bond acceptors (Lipinski definition) is 3. The van der Waals surface area contributed by atoms with Gasteiger partial charge in [-0.3, -0.25) is 0 Å². The minimum absolute atomic E-state index is 0.823. The van der Waals surface area contributed by atoms with Gasteiger partial charge in [0.05, 0.1) is 32.2 Å². The van der Waals surface area contributed by atoms with Crippen molar-refractivity contribution < 1.29 is 4.57 Å². The average molecular weight is 218 g/mol. The van der Waals surface area contributed by atoms with Crippen molar-refractivity contribution in [3.63, 3.8) is 0 Å². The van der Waals surface area contributed by atoms with Gasteiger partial charge >= 0.3 is 5.95 Å². The number of aromatic nitrogens is 2. The normalized spacial score (nSPS) is 16.4. The van der Waals surface area contributed by atoms with Crippen molar-refractivity contribution in [1.29, 1.82) is 0 Å². The molecule has 1 aromatic rings. The van der Waals surface area contributed by atoms with Crippen LogP contribution in [0.5, 0.6) is 0 Å². The Kier molecular flexibility index (Phi) is 2.85. The molecule has 0 saturated carbocycles. The van der Waals surface area contributed by atoms with E-state index in [-0.39, 0.29) is 0 Å². The van der Waals surface area contributed by atoms with Crippen LogP contribution in [0.2, 0.25) is 0 Å². The van der Waals surface area contributed by atoms with Gasteiger partial charge in [0, 0.05) is 10.8 Å². The third kappa shape index (κ3) is 2.18. The smallest absolute Gasteiger partial charge is 0.402 e. The van der Waals surface area contributed by atoms with Crippen molar-refractivity contribution in [2.24, 2.45) is 30.1 Å². The summed E-state index contributed by atoms with van der Waals surface area (Å²) in [6.45, 7) is 0. The van der Waals surface area contributed by atoms with Gasteiger partial charge in [0.25, 0.3) is 0 Å². The van der Waals surface area contributed by atoms with Gasteiger partial charge in [0.2, 0.25) is 0 Å². The summed E-state index contributed by atoms with van der Waals surface area (Å²) in [5.41, 5.74) is 7.55. The molecular weight excluding hydrogens is 202 g/mol. The Balaban J connectivity index is 2.16. The number of rotatable bonds is 2. The van der Waals surface area contributed by atoms with Crippen LogP contribution in [-0.2, 0) is 14.1 Å². The van der Waals surface area contributed by atoms with Gasteiger partial charge in [-0.2, -0.15) is 0 Å². The standard InChI is InChI=1S/C11H15N5/c1-15-7-8-16(2)11(15)14-13-10-5-3-9(12)4-6-10/h3,5,7-8,12H,4,6H2,1-2H3/p+1. The van der Waals surface area contributed by atoms with Crippen LogP contribution < -0.4 is 10.3 Å². The van der Waals surface area contributed by atoms with Gasteiger partial charge in [0.15, 0.2) is 0 Å². The van der Waals surface area contributed by atoms with E-state index in [0.717, 1.165) is 30.2 Å². The molecule has 0 aromatic carbocycles. The van der Waals surface area contributed by atoms with E-state index in [1.54, 1.807) is 0 Å². The van der Waals surface area contributed by atoms with Gasteiger partial charge in [-0.1, -0.05) is 5.11 Å². The molecule has 1 aliphatic rings. The lowest BCUT2D eigenvalue weighted by Gasteiger charge is -2.04. The molecule has 5 nitrogen and oxygen atoms in total. The zero-order chi connectivity index (χ0) is 11.5. The largest absolute Gasteiger partial charge is 0.421 e. The Morgan fingerprint density at radius 3 is 2.69 bits per heavy atom. The Hall–Kier alpha value is -1.91. The van der Waals surface area contributed by atoms with E-state index in [2.05, 4.69) is 10.2 Å². The Morgan fingerprint density at radius 1 is 1.31 bits per heavy atom. The maximum absolute atomic E-state index is 5.67. The second kappa shape index (κ2) is 4.30. The molecule has 0 saturated heterocycles. The first kappa shape index (κ1) is 10.6. The Labute approximate surface area is 94.6 Å². The van der Waals surface area contributed by atoms with Crippen molar-refractivity contribution >= 4 is 5.95 Å². The van der Waals surface area contributed by atoms with Crippen LogP contribution in [0.25, 0.3) is 0 Å². The minimum Gasteiger partial charge on any atom is -0.402 e. The predicted octanol–water partition coefficient (Wildman–Crippen LogP) is 1.45. The molecule has 0 unspecified atom stereocenters. The predicted molar refractivity (Wildman–Crippen MR) is 60.7 cm³/mol. The molecule has 0 aliphatic heterocycles. The molecule has 1 aliphatic carbocycles. The summed E-state index contributed by atoms with van der Waals surface area (Å²) in [5, 5.41) is 8.45. The average Bonchev–Trinajstić information content (AvgIpc) is 2.59. The fraction of sp³-hybridized carbons (Fsp3) is 0.364. The number of azo groups is 1. The van der Waals surface area contributed by atoms with Crippen LogP contribution in [-0.4, -0.2) is 4.57 Å². The molecule has 0 radical (unpaired) electrons. The molecule has 0 amide bonds. The number of nitrogens with zero attached hydrogens (tertiary/aromatic N) is 4. The highest BCUT2D eigenvalue weighted by molar-refractivity contribution is 5.21. The zero-order valence-corrected chi connectivity index (χ0v) is 9.59. The molecular formula is C11H16N5+. The van der Waals surface area contributed by atoms with E-state index in [4.69, 9.17) is 5.73 Å². The van der Waals surface area contributed by atoms with Crippen molar-refractivity contribution in [2.45, 2.75) is 12.8 Å². The van der Waals surface area contributed by atoms with Crippen molar-refractivity contribution in [2.75, 3.05) is 0 Å². The molecule has 0 bridgehead atoms. The third-order valence-electron chi connectivity index (χ3n) is 2.57. The summed E-state index contributed by atoms with van der Waals surface area (Å²) in [5.74, 6) is 0.823. The fourth-order valence-electron chi connectivity index (χ4n) is 1.56. The summed E-state index contributed by atoms with van der Waals surface area (Å²) in [6.07, 6.45) is 9.43. The molecule has 2 rings (SSSR count). The molecule has 16 heavy (non-hydrogen) atoms. The molecule has 84 valence electrons. The molecule has 5 heteroatoms. The summed E-state index contributed by atoms with van der Waals surface area (Å²) in [6, 6.07) is 0. The monoisotopic (exact) mass is 218 g/mol. The van der Waals surface area contributed by atoms with Crippen LogP contribution in [0.3, 0.4) is 0 Å². The summed E-state index contributed by atoms with van der Waals surface area (Å²) in [7, 11) is 3.89. The molecule has 0 spiro atoms. The maximum Gasteiger partial charge on any atom is 0.421 e. The number of imidazole rings is 1. The van der Waals surface area contributed by atoms with Crippen molar-refractivity contribution in [3.05, 3.63) is 35.9 Å². The van der Waals surface area contributed by atoms with Gasteiger partial charge in [-0.25, -0.2) is 9.13 Å². The zero-order valence-electron chi connectivity index (χ0n) is 9.59. The van der Waals surface area contributed by atoms with E-state index >= 15 is 0 Å². The Morgan fingerprint density at radius 2 is 2.12 bits per heavy atom. The number of hydrogen-bond donors (Lipinski definition) is 1. The quantitative estimate of drug-likeness (QED) is 0.593. The lowest BCUT2D eigenvalue weighted by molar-refractivity contribution is -0.657. The van der Waals surface area contributed by atoms with E-state index in [9.17, 15) is 0 Å². The van der Waals surface area contributed by atoms with Crippen LogP contribution in [0.1, 0.15) is 12.8 Å². The molecule has 1 aromatic heterocycles. The van der Waals surface area contributed by atoms with Crippen LogP contribution in [0.15, 0.2) is 46.2 Å². The van der Waals surface area contributed by atoms with E-state index < -0.39 is 0 Å². The molecule has 2 N–H and O–H groups in total. The van der Waals surface area contributed by atoms with Crippen LogP contribution in [0.4, 0.5) is 5.95 Å². The van der Waals surface area contributed by atoms with Crippen molar-refractivity contribution in [1.82, 2.24) is 4.57 Å². The van der Waals surface area contributed by atoms with E-state index in [0.29, 0.717) is 0 Å². The number of aryl methyl sites for hydroxylation is 2. The lowest BCUT2D eigenvalue weighted by atomic mass is 10.1. The SMILES string of the molecule is Cn1cc[n+](C)c1N=NC1=CC=C(N)CC1. The summed E-state index contributed by atoms with van der Waals surface area (Å²) >= 11 is 0. The third-order valence-corrected chi connectivity index (χ3v) is 2.57. The van der Waals surface area contributed by atoms with Gasteiger partial charge < -0.3 is 5.73 Å². The van der Waals surface area contributed by atoms with E-state index in [1.165, 1.54) is 0 Å². The van der Waals surface area contributed by atoms with E-state index in [1.807, 2.05) is 47.8 Å². The topological polar surface area (TPSA) is 59.5 Å². The highest BCUT2D eigenvalue weighted by Crippen LogP contribution is 2.17. The Bertz CT molecular complexity index is 459. The maximum atomic E-state index is 5.67. The second-order valence-electron chi connectivity index (χ2n) is 3.92. The molecule has 1 heterocycles. The van der Waals surface area contributed by atoms with Crippen LogP contribution in [0, 0.1) is 0 Å². The first-order valence-corrected chi connectivity index (χ1v) is 5.25. The number of nitrogens with two attached hydrogens (primary N) is 1. The van der Waals surface area contributed by atoms with Gasteiger partial charge in [0.1, 0.15) is 0 Å². The highest BCUT2D eigenvalue weighted by atomic mass is 15.3. The first-order valence-electron chi connectivity index (χ1n) is 5.25. The summed E-state index contributed by atoms with van der Waals surface area (Å²) < 4.78 is 3.86. The molecule has 0 fully saturated rings. The molecule has 0 atom stereocenters. The number of allylic oxidation sites excluding steroid dienone is 4. The fourth-order valence-corrected chi connectivity index (χ4v) is 1.56. The minimum atomic E-state index is 0.823. The van der Waals surface area contributed by atoms with Gasteiger partial charge in [-0.05, 0) is 25.0 Å². The lowest BCUT2D eigenvalue weighted by Crippen LogP contribution is -2.25. The van der Waals surface area contributed by atoms with Crippen LogP contribution >= 0.6 is 0 Å².